The number of aromatic amines is 1. The van der Waals surface area contributed by atoms with Crippen LogP contribution >= 0.6 is 11.3 Å². The van der Waals surface area contributed by atoms with Gasteiger partial charge in [0, 0.05) is 24.7 Å². The van der Waals surface area contributed by atoms with Gasteiger partial charge in [0.15, 0.2) is 0 Å². The quantitative estimate of drug-likeness (QED) is 0.892. The molecule has 0 unspecified atom stereocenters. The summed E-state index contributed by atoms with van der Waals surface area (Å²) >= 11 is 1.57. The van der Waals surface area contributed by atoms with Crippen LogP contribution in [-0.2, 0) is 12.8 Å². The molecule has 0 aliphatic heterocycles. The average Bonchev–Trinajstić information content (AvgIpc) is 3.04. The molecule has 6 heteroatoms. The lowest BCUT2D eigenvalue weighted by molar-refractivity contribution is 0.0791. The van der Waals surface area contributed by atoms with E-state index >= 15 is 0 Å². The van der Waals surface area contributed by atoms with E-state index in [1.54, 1.807) is 16.2 Å². The molecule has 0 aliphatic carbocycles. The first-order valence-corrected chi connectivity index (χ1v) is 8.11. The van der Waals surface area contributed by atoms with Crippen molar-refractivity contribution < 1.29 is 4.79 Å². The topological polar surface area (TPSA) is 61.9 Å². The highest BCUT2D eigenvalue weighted by molar-refractivity contribution is 7.09. The van der Waals surface area contributed by atoms with Gasteiger partial charge in [0.05, 0.1) is 10.7 Å². The van der Waals surface area contributed by atoms with E-state index in [-0.39, 0.29) is 5.91 Å². The third-order valence-corrected chi connectivity index (χ3v) is 4.47. The maximum absolute atomic E-state index is 12.3. The molecule has 0 saturated carbocycles. The molecule has 2 aromatic heterocycles. The van der Waals surface area contributed by atoms with Crippen molar-refractivity contribution in [2.45, 2.75) is 40.0 Å². The van der Waals surface area contributed by atoms with E-state index in [0.717, 1.165) is 35.7 Å². The summed E-state index contributed by atoms with van der Waals surface area (Å²) in [6, 6.07) is 0. The molecule has 0 atom stereocenters. The summed E-state index contributed by atoms with van der Waals surface area (Å²) < 4.78 is 0. The fraction of sp³-hybridized carbons (Fsp3) is 0.533. The number of carbonyl (C=O) groups is 1. The first-order chi connectivity index (χ1) is 10.0. The zero-order valence-corrected chi connectivity index (χ0v) is 13.9. The number of hydrogen-bond donors (Lipinski definition) is 1. The number of likely N-dealkylation sites (N-methyl/N-ethyl adjacent to an activating group) is 1. The molecule has 0 aliphatic rings. The van der Waals surface area contributed by atoms with Crippen molar-refractivity contribution in [2.24, 2.45) is 0 Å². The van der Waals surface area contributed by atoms with Crippen LogP contribution in [0.5, 0.6) is 0 Å². The number of aryl methyl sites for hydroxylation is 3. The van der Waals surface area contributed by atoms with Gasteiger partial charge in [-0.25, -0.2) is 4.98 Å². The number of nitrogens with zero attached hydrogens (tertiary/aromatic N) is 3. The van der Waals surface area contributed by atoms with Crippen LogP contribution in [0.1, 0.15) is 45.8 Å². The Morgan fingerprint density at radius 1 is 1.38 bits per heavy atom. The van der Waals surface area contributed by atoms with Crippen molar-refractivity contribution in [1.29, 1.82) is 0 Å². The van der Waals surface area contributed by atoms with Crippen molar-refractivity contribution in [2.75, 3.05) is 13.6 Å². The normalized spacial score (nSPS) is 10.9. The van der Waals surface area contributed by atoms with Gasteiger partial charge in [0.2, 0.25) is 0 Å². The van der Waals surface area contributed by atoms with Crippen LogP contribution in [0.3, 0.4) is 0 Å². The van der Waals surface area contributed by atoms with Crippen LogP contribution in [-0.4, -0.2) is 39.6 Å². The second-order valence-electron chi connectivity index (χ2n) is 5.27. The van der Waals surface area contributed by atoms with E-state index in [1.807, 2.05) is 26.3 Å². The predicted molar refractivity (Wildman–Crippen MR) is 84.8 cm³/mol. The Morgan fingerprint density at radius 3 is 2.76 bits per heavy atom. The van der Waals surface area contributed by atoms with E-state index in [4.69, 9.17) is 0 Å². The van der Waals surface area contributed by atoms with Crippen molar-refractivity contribution in [3.63, 3.8) is 0 Å². The third-order valence-electron chi connectivity index (χ3n) is 3.56. The van der Waals surface area contributed by atoms with E-state index in [9.17, 15) is 4.79 Å². The standard InChI is InChI=1S/C15H22N4OS/c1-5-6-14-16-13(9-21-14)15(20)19(4)8-7-12-10(2)17-18-11(12)3/h9H,5-8H2,1-4H3,(H,17,18). The van der Waals surface area contributed by atoms with Crippen molar-refractivity contribution in [1.82, 2.24) is 20.1 Å². The van der Waals surface area contributed by atoms with Gasteiger partial charge in [-0.1, -0.05) is 6.92 Å². The molecular formula is C15H22N4OS. The Kier molecular flexibility index (Phi) is 5.12. The second kappa shape index (κ2) is 6.85. The molecular weight excluding hydrogens is 284 g/mol. The smallest absolute Gasteiger partial charge is 0.273 e. The molecule has 1 N–H and O–H groups in total. The summed E-state index contributed by atoms with van der Waals surface area (Å²) in [4.78, 5) is 18.5. The molecule has 0 bridgehead atoms. The molecule has 2 heterocycles. The molecule has 21 heavy (non-hydrogen) atoms. The van der Waals surface area contributed by atoms with Crippen molar-refractivity contribution >= 4 is 17.2 Å². The second-order valence-corrected chi connectivity index (χ2v) is 6.21. The van der Waals surface area contributed by atoms with Crippen LogP contribution in [0.15, 0.2) is 5.38 Å². The number of thiazole rings is 1. The molecule has 0 spiro atoms. The number of aromatic nitrogens is 3. The fourth-order valence-electron chi connectivity index (χ4n) is 2.26. The van der Waals surface area contributed by atoms with Gasteiger partial charge in [-0.15, -0.1) is 11.3 Å². The lowest BCUT2D eigenvalue weighted by Gasteiger charge is -2.15. The van der Waals surface area contributed by atoms with Gasteiger partial charge < -0.3 is 4.90 Å². The van der Waals surface area contributed by atoms with E-state index in [2.05, 4.69) is 22.1 Å². The first kappa shape index (κ1) is 15.7. The number of hydrogen-bond acceptors (Lipinski definition) is 4. The van der Waals surface area contributed by atoms with Gasteiger partial charge >= 0.3 is 0 Å². The maximum Gasteiger partial charge on any atom is 0.273 e. The summed E-state index contributed by atoms with van der Waals surface area (Å²) in [6.45, 7) is 6.78. The highest BCUT2D eigenvalue weighted by Gasteiger charge is 2.16. The molecule has 0 aromatic carbocycles. The molecule has 2 aromatic rings. The summed E-state index contributed by atoms with van der Waals surface area (Å²) in [5.74, 6) is -0.00703. The van der Waals surface area contributed by atoms with E-state index in [0.29, 0.717) is 12.2 Å². The molecule has 5 nitrogen and oxygen atoms in total. The minimum atomic E-state index is -0.00703. The minimum absolute atomic E-state index is 0.00703. The van der Waals surface area contributed by atoms with Crippen molar-refractivity contribution in [3.05, 3.63) is 33.0 Å². The lowest BCUT2D eigenvalue weighted by atomic mass is 10.1. The Morgan fingerprint density at radius 2 is 2.14 bits per heavy atom. The fourth-order valence-corrected chi connectivity index (χ4v) is 3.13. The zero-order valence-electron chi connectivity index (χ0n) is 13.1. The molecule has 2 rings (SSSR count). The van der Waals surface area contributed by atoms with Crippen LogP contribution < -0.4 is 0 Å². The zero-order chi connectivity index (χ0) is 15.4. The van der Waals surface area contributed by atoms with E-state index in [1.165, 1.54) is 5.56 Å². The Balaban J connectivity index is 1.96. The minimum Gasteiger partial charge on any atom is -0.340 e. The number of amides is 1. The number of nitrogens with one attached hydrogen (secondary N) is 1. The lowest BCUT2D eigenvalue weighted by Crippen LogP contribution is -2.29. The molecule has 0 saturated heterocycles. The molecule has 114 valence electrons. The van der Waals surface area contributed by atoms with Crippen LogP contribution in [0.25, 0.3) is 0 Å². The van der Waals surface area contributed by atoms with Crippen LogP contribution in [0.4, 0.5) is 0 Å². The molecule has 0 fully saturated rings. The van der Waals surface area contributed by atoms with Gasteiger partial charge in [0.25, 0.3) is 5.91 Å². The average molecular weight is 306 g/mol. The highest BCUT2D eigenvalue weighted by atomic mass is 32.1. The summed E-state index contributed by atoms with van der Waals surface area (Å²) in [5.41, 5.74) is 3.84. The molecule has 1 amide bonds. The number of H-pyrrole nitrogens is 1. The van der Waals surface area contributed by atoms with Gasteiger partial charge in [0.1, 0.15) is 5.69 Å². The Bertz CT molecular complexity index is 597. The summed E-state index contributed by atoms with van der Waals surface area (Å²) in [5, 5.41) is 10.1. The highest BCUT2D eigenvalue weighted by Crippen LogP contribution is 2.14. The number of rotatable bonds is 6. The SMILES string of the molecule is CCCc1nc(C(=O)N(C)CCc2c(C)n[nH]c2C)cs1. The Hall–Kier alpha value is -1.69. The van der Waals surface area contributed by atoms with Crippen LogP contribution in [0, 0.1) is 13.8 Å². The molecule has 0 radical (unpaired) electrons. The summed E-state index contributed by atoms with van der Waals surface area (Å²) in [7, 11) is 1.83. The van der Waals surface area contributed by atoms with Gasteiger partial charge in [-0.3, -0.25) is 9.89 Å². The van der Waals surface area contributed by atoms with Crippen molar-refractivity contribution in [3.8, 4) is 0 Å². The van der Waals surface area contributed by atoms with Crippen LogP contribution in [0.2, 0.25) is 0 Å². The van der Waals surface area contributed by atoms with Gasteiger partial charge in [-0.2, -0.15) is 5.10 Å². The monoisotopic (exact) mass is 306 g/mol. The maximum atomic E-state index is 12.3. The first-order valence-electron chi connectivity index (χ1n) is 7.23. The summed E-state index contributed by atoms with van der Waals surface area (Å²) in [6.07, 6.45) is 2.80. The predicted octanol–water partition coefficient (Wildman–Crippen LogP) is 2.75. The van der Waals surface area contributed by atoms with Gasteiger partial charge in [-0.05, 0) is 38.7 Å². The third kappa shape index (κ3) is 3.69. The Labute approximate surface area is 129 Å². The number of carbonyl (C=O) groups excluding carboxylic acids is 1. The largest absolute Gasteiger partial charge is 0.340 e. The van der Waals surface area contributed by atoms with E-state index < -0.39 is 0 Å².